The number of hydrogen-bond donors (Lipinski definition) is 0. The lowest BCUT2D eigenvalue weighted by molar-refractivity contribution is 0.665. The molecule has 0 saturated heterocycles. The topological polar surface area (TPSA) is 0 Å². The average molecular weight is 286 g/mol. The Bertz CT molecular complexity index is 546. The molecule has 0 N–H and O–H groups in total. The predicted molar refractivity (Wildman–Crippen MR) is 91.9 cm³/mol. The molecule has 1 aromatic carbocycles. The Hall–Kier alpha value is -1.08. The highest BCUT2D eigenvalue weighted by Gasteiger charge is 2.11. The van der Waals surface area contributed by atoms with Crippen LogP contribution < -0.4 is 0 Å². The van der Waals surface area contributed by atoms with Crippen molar-refractivity contribution in [1.29, 1.82) is 0 Å². The minimum absolute atomic E-state index is 0.622. The number of rotatable bonds is 5. The molecule has 0 amide bonds. The molecule has 0 radical (unpaired) electrons. The van der Waals surface area contributed by atoms with Crippen LogP contribution in [0.5, 0.6) is 0 Å². The third-order valence-electron chi connectivity index (χ3n) is 3.97. The normalized spacial score (nSPS) is 12.9. The van der Waals surface area contributed by atoms with Gasteiger partial charge in [0, 0.05) is 9.75 Å². The number of thiophene rings is 1. The molecule has 20 heavy (non-hydrogen) atoms. The van der Waals surface area contributed by atoms with Crippen LogP contribution in [0.25, 0.3) is 10.4 Å². The third-order valence-corrected chi connectivity index (χ3v) is 5.56. The zero-order valence-corrected chi connectivity index (χ0v) is 14.2. The number of benzene rings is 1. The second-order valence-electron chi connectivity index (χ2n) is 6.13. The number of aryl methyl sites for hydroxylation is 1. The van der Waals surface area contributed by atoms with E-state index in [9.17, 15) is 0 Å². The smallest absolute Gasteiger partial charge is 0.0374 e. The summed E-state index contributed by atoms with van der Waals surface area (Å²) in [5, 5.41) is 0. The van der Waals surface area contributed by atoms with Crippen molar-refractivity contribution in [1.82, 2.24) is 0 Å². The zero-order chi connectivity index (χ0) is 14.7. The number of hydrogen-bond acceptors (Lipinski definition) is 1. The zero-order valence-electron chi connectivity index (χ0n) is 13.4. The first-order valence-corrected chi connectivity index (χ1v) is 8.55. The van der Waals surface area contributed by atoms with Gasteiger partial charge in [-0.05, 0) is 47.9 Å². The fourth-order valence-electron chi connectivity index (χ4n) is 2.64. The van der Waals surface area contributed by atoms with E-state index >= 15 is 0 Å². The highest BCUT2D eigenvalue weighted by atomic mass is 32.1. The van der Waals surface area contributed by atoms with Crippen molar-refractivity contribution >= 4 is 11.3 Å². The monoisotopic (exact) mass is 286 g/mol. The van der Waals surface area contributed by atoms with E-state index in [1.807, 2.05) is 11.3 Å². The van der Waals surface area contributed by atoms with Crippen LogP contribution in [0, 0.1) is 6.92 Å². The summed E-state index contributed by atoms with van der Waals surface area (Å²) in [6.45, 7) is 11.3. The fraction of sp³-hybridized carbons (Fsp3) is 0.474. The summed E-state index contributed by atoms with van der Waals surface area (Å²) in [4.78, 5) is 2.92. The molecule has 1 aromatic heterocycles. The second-order valence-corrected chi connectivity index (χ2v) is 7.21. The highest BCUT2D eigenvalue weighted by Crippen LogP contribution is 2.36. The van der Waals surface area contributed by atoms with E-state index in [0.717, 1.165) is 0 Å². The molecule has 1 atom stereocenters. The molecule has 108 valence electrons. The molecule has 1 heterocycles. The van der Waals surface area contributed by atoms with E-state index in [1.165, 1.54) is 39.3 Å². The van der Waals surface area contributed by atoms with Crippen molar-refractivity contribution in [3.63, 3.8) is 0 Å². The van der Waals surface area contributed by atoms with Crippen molar-refractivity contribution in [3.8, 4) is 10.4 Å². The van der Waals surface area contributed by atoms with Crippen LogP contribution in [0.3, 0.4) is 0 Å². The summed E-state index contributed by atoms with van der Waals surface area (Å²) in [6.07, 6.45) is 2.53. The van der Waals surface area contributed by atoms with Gasteiger partial charge in [0.1, 0.15) is 0 Å². The molecule has 1 heteroatoms. The Morgan fingerprint density at radius 1 is 1.05 bits per heavy atom. The molecule has 0 aliphatic carbocycles. The van der Waals surface area contributed by atoms with E-state index in [2.05, 4.69) is 65.0 Å². The second kappa shape index (κ2) is 6.58. The average Bonchev–Trinajstić information content (AvgIpc) is 2.81. The first-order valence-electron chi connectivity index (χ1n) is 7.73. The minimum Gasteiger partial charge on any atom is -0.140 e. The van der Waals surface area contributed by atoms with Crippen molar-refractivity contribution in [2.24, 2.45) is 0 Å². The van der Waals surface area contributed by atoms with E-state index < -0.39 is 0 Å². The molecule has 0 aliphatic rings. The largest absolute Gasteiger partial charge is 0.140 e. The quantitative estimate of drug-likeness (QED) is 0.570. The van der Waals surface area contributed by atoms with Crippen LogP contribution in [0.2, 0.25) is 0 Å². The van der Waals surface area contributed by atoms with Crippen molar-refractivity contribution in [2.45, 2.75) is 59.3 Å². The predicted octanol–water partition coefficient (Wildman–Crippen LogP) is 6.75. The maximum absolute atomic E-state index is 2.35. The molecule has 2 rings (SSSR count). The molecule has 0 nitrogen and oxygen atoms in total. The molecule has 0 fully saturated rings. The van der Waals surface area contributed by atoms with Crippen molar-refractivity contribution in [3.05, 3.63) is 46.3 Å². The fourth-order valence-corrected chi connectivity index (χ4v) is 3.82. The molecular weight excluding hydrogens is 260 g/mol. The van der Waals surface area contributed by atoms with Crippen LogP contribution in [0.15, 0.2) is 30.3 Å². The van der Waals surface area contributed by atoms with E-state index in [4.69, 9.17) is 0 Å². The van der Waals surface area contributed by atoms with Crippen LogP contribution in [-0.2, 0) is 0 Å². The lowest BCUT2D eigenvalue weighted by atomic mass is 9.95. The molecule has 0 bridgehead atoms. The Balaban J connectivity index is 2.26. The summed E-state index contributed by atoms with van der Waals surface area (Å²) in [7, 11) is 0. The van der Waals surface area contributed by atoms with Gasteiger partial charge < -0.3 is 0 Å². The third kappa shape index (κ3) is 3.32. The molecule has 0 aliphatic heterocycles. The van der Waals surface area contributed by atoms with Gasteiger partial charge in [-0.15, -0.1) is 11.3 Å². The van der Waals surface area contributed by atoms with E-state index in [-0.39, 0.29) is 0 Å². The Kier molecular flexibility index (Phi) is 5.04. The molecule has 0 spiro atoms. The van der Waals surface area contributed by atoms with Crippen molar-refractivity contribution < 1.29 is 0 Å². The Labute approximate surface area is 127 Å². The first-order chi connectivity index (χ1) is 9.52. The SMILES string of the molecule is CCCC(C)c1ccc(-c2sc(C(C)C)cc2C)cc1. The van der Waals surface area contributed by atoms with Crippen LogP contribution in [-0.4, -0.2) is 0 Å². The van der Waals surface area contributed by atoms with Crippen LogP contribution >= 0.6 is 11.3 Å². The van der Waals surface area contributed by atoms with E-state index in [0.29, 0.717) is 11.8 Å². The first kappa shape index (κ1) is 15.3. The molecule has 1 unspecified atom stereocenters. The van der Waals surface area contributed by atoms with Gasteiger partial charge in [0.2, 0.25) is 0 Å². The van der Waals surface area contributed by atoms with Crippen LogP contribution in [0.1, 0.15) is 68.4 Å². The lowest BCUT2D eigenvalue weighted by Crippen LogP contribution is -1.92. The van der Waals surface area contributed by atoms with Gasteiger partial charge in [-0.25, -0.2) is 0 Å². The van der Waals surface area contributed by atoms with Gasteiger partial charge in [-0.2, -0.15) is 0 Å². The van der Waals surface area contributed by atoms with Gasteiger partial charge in [-0.1, -0.05) is 58.4 Å². The summed E-state index contributed by atoms with van der Waals surface area (Å²) < 4.78 is 0. The summed E-state index contributed by atoms with van der Waals surface area (Å²) in [6, 6.07) is 11.6. The Morgan fingerprint density at radius 2 is 1.70 bits per heavy atom. The summed E-state index contributed by atoms with van der Waals surface area (Å²) in [5.41, 5.74) is 4.24. The molecule has 2 aromatic rings. The van der Waals surface area contributed by atoms with Gasteiger partial charge in [0.25, 0.3) is 0 Å². The maximum Gasteiger partial charge on any atom is 0.0374 e. The molecular formula is C19H26S. The minimum atomic E-state index is 0.622. The van der Waals surface area contributed by atoms with Gasteiger partial charge >= 0.3 is 0 Å². The van der Waals surface area contributed by atoms with E-state index in [1.54, 1.807) is 0 Å². The van der Waals surface area contributed by atoms with Crippen molar-refractivity contribution in [2.75, 3.05) is 0 Å². The Morgan fingerprint density at radius 3 is 2.20 bits per heavy atom. The van der Waals surface area contributed by atoms with Gasteiger partial charge in [0.05, 0.1) is 0 Å². The van der Waals surface area contributed by atoms with Gasteiger partial charge in [-0.3, -0.25) is 0 Å². The maximum atomic E-state index is 2.35. The summed E-state index contributed by atoms with van der Waals surface area (Å²) in [5.74, 6) is 1.29. The molecule has 0 saturated carbocycles. The van der Waals surface area contributed by atoms with Gasteiger partial charge in [0.15, 0.2) is 0 Å². The lowest BCUT2D eigenvalue weighted by Gasteiger charge is -2.11. The summed E-state index contributed by atoms with van der Waals surface area (Å²) >= 11 is 1.95. The standard InChI is InChI=1S/C19H26S/c1-6-7-14(4)16-8-10-17(11-9-16)19-15(5)12-18(20-19)13(2)3/h8-14H,6-7H2,1-5H3. The van der Waals surface area contributed by atoms with Crippen LogP contribution in [0.4, 0.5) is 0 Å². The highest BCUT2D eigenvalue weighted by molar-refractivity contribution is 7.15.